The lowest BCUT2D eigenvalue weighted by molar-refractivity contribution is -0.385. The van der Waals surface area contributed by atoms with Gasteiger partial charge in [-0.1, -0.05) is 29.4 Å². The molecule has 9 nitrogen and oxygen atoms in total. The van der Waals surface area contributed by atoms with E-state index in [9.17, 15) is 25.0 Å². The maximum atomic E-state index is 12.3. The normalized spacial score (nSPS) is 11.6. The topological polar surface area (TPSA) is 121 Å². The van der Waals surface area contributed by atoms with Gasteiger partial charge in [-0.3, -0.25) is 25.0 Å². The molecule has 144 valence electrons. The first-order chi connectivity index (χ1) is 13.9. The molecule has 2 aromatic carbocycles. The summed E-state index contributed by atoms with van der Waals surface area (Å²) in [7, 11) is 0. The SMILES string of the molecule is C#CCn1c(=NC(=O)/C=C/c2cccc([N+](=O)[O-])c2)sc2cc([N+](=O)[O-])ccc21. The molecule has 0 radical (unpaired) electrons. The van der Waals surface area contributed by atoms with E-state index in [-0.39, 0.29) is 17.9 Å². The molecule has 0 spiro atoms. The number of benzene rings is 2. The van der Waals surface area contributed by atoms with E-state index < -0.39 is 15.8 Å². The van der Waals surface area contributed by atoms with Gasteiger partial charge >= 0.3 is 0 Å². The van der Waals surface area contributed by atoms with Crippen LogP contribution in [0.4, 0.5) is 11.4 Å². The number of carbonyl (C=O) groups excluding carboxylic acids is 1. The molecule has 3 rings (SSSR count). The molecule has 0 aliphatic heterocycles. The molecule has 0 aliphatic carbocycles. The third-order valence-electron chi connectivity index (χ3n) is 3.83. The lowest BCUT2D eigenvalue weighted by Gasteiger charge is -1.99. The van der Waals surface area contributed by atoms with Gasteiger partial charge in [0.15, 0.2) is 4.80 Å². The van der Waals surface area contributed by atoms with Crippen molar-refractivity contribution < 1.29 is 14.6 Å². The van der Waals surface area contributed by atoms with Crippen LogP contribution in [-0.4, -0.2) is 20.3 Å². The lowest BCUT2D eigenvalue weighted by atomic mass is 10.2. The highest BCUT2D eigenvalue weighted by atomic mass is 32.1. The summed E-state index contributed by atoms with van der Waals surface area (Å²) < 4.78 is 2.19. The molecule has 29 heavy (non-hydrogen) atoms. The number of terminal acetylenes is 1. The molecule has 1 amide bonds. The minimum absolute atomic E-state index is 0.0740. The van der Waals surface area contributed by atoms with Crippen molar-refractivity contribution in [3.05, 3.63) is 79.1 Å². The van der Waals surface area contributed by atoms with Gasteiger partial charge in [0.2, 0.25) is 0 Å². The second kappa shape index (κ2) is 8.28. The number of amides is 1. The molecular formula is C19H12N4O5S. The molecule has 0 saturated carbocycles. The van der Waals surface area contributed by atoms with Gasteiger partial charge in [0.1, 0.15) is 0 Å². The third kappa shape index (κ3) is 4.42. The van der Waals surface area contributed by atoms with Crippen molar-refractivity contribution in [2.24, 2.45) is 4.99 Å². The minimum atomic E-state index is -0.594. The molecule has 0 fully saturated rings. The van der Waals surface area contributed by atoms with Crippen molar-refractivity contribution in [3.63, 3.8) is 0 Å². The van der Waals surface area contributed by atoms with Gasteiger partial charge in [0.25, 0.3) is 17.3 Å². The number of nitro benzene ring substituents is 2. The quantitative estimate of drug-likeness (QED) is 0.278. The number of aromatic nitrogens is 1. The van der Waals surface area contributed by atoms with E-state index in [1.165, 1.54) is 42.5 Å². The number of hydrogen-bond donors (Lipinski definition) is 0. The van der Waals surface area contributed by atoms with Gasteiger partial charge in [0.05, 0.1) is 26.6 Å². The zero-order chi connectivity index (χ0) is 21.0. The number of non-ortho nitro benzene ring substituents is 2. The van der Waals surface area contributed by atoms with Gasteiger partial charge in [-0.15, -0.1) is 6.42 Å². The molecule has 1 aromatic heterocycles. The molecule has 0 aliphatic rings. The smallest absolute Gasteiger partial charge is 0.272 e. The zero-order valence-electron chi connectivity index (χ0n) is 14.7. The summed E-state index contributed by atoms with van der Waals surface area (Å²) in [5.41, 5.74) is 0.948. The van der Waals surface area contributed by atoms with Crippen LogP contribution in [-0.2, 0) is 11.3 Å². The van der Waals surface area contributed by atoms with Crippen molar-refractivity contribution in [2.75, 3.05) is 0 Å². The van der Waals surface area contributed by atoms with Crippen molar-refractivity contribution in [1.82, 2.24) is 4.57 Å². The second-order valence-electron chi connectivity index (χ2n) is 5.72. The standard InChI is InChI=1S/C19H12N4O5S/c1-2-10-21-16-8-7-15(23(27)28)12-17(16)29-19(21)20-18(24)9-6-13-4-3-5-14(11-13)22(25)26/h1,3-9,11-12H,10H2/b9-6+,20-19?. The van der Waals surface area contributed by atoms with Gasteiger partial charge in [-0.2, -0.15) is 4.99 Å². The number of fused-ring (bicyclic) bond motifs is 1. The van der Waals surface area contributed by atoms with Crippen LogP contribution in [0, 0.1) is 32.6 Å². The summed E-state index contributed by atoms with van der Waals surface area (Å²) in [6, 6.07) is 10.1. The van der Waals surface area contributed by atoms with E-state index >= 15 is 0 Å². The van der Waals surface area contributed by atoms with Crippen molar-refractivity contribution in [3.8, 4) is 12.3 Å². The van der Waals surface area contributed by atoms with Gasteiger partial charge < -0.3 is 4.57 Å². The second-order valence-corrected chi connectivity index (χ2v) is 6.73. The van der Waals surface area contributed by atoms with Crippen LogP contribution in [0.1, 0.15) is 5.56 Å². The largest absolute Gasteiger partial charge is 0.305 e. The monoisotopic (exact) mass is 408 g/mol. The Balaban J connectivity index is 1.98. The van der Waals surface area contributed by atoms with E-state index in [0.29, 0.717) is 20.6 Å². The van der Waals surface area contributed by atoms with Crippen LogP contribution >= 0.6 is 11.3 Å². The number of nitrogens with zero attached hydrogens (tertiary/aromatic N) is 4. The van der Waals surface area contributed by atoms with Crippen LogP contribution < -0.4 is 4.80 Å². The number of carbonyl (C=O) groups is 1. The summed E-state index contributed by atoms with van der Waals surface area (Å²) >= 11 is 1.10. The van der Waals surface area contributed by atoms with Crippen LogP contribution in [0.2, 0.25) is 0 Å². The highest BCUT2D eigenvalue weighted by Crippen LogP contribution is 2.23. The number of nitro groups is 2. The Morgan fingerprint density at radius 3 is 2.59 bits per heavy atom. The highest BCUT2D eigenvalue weighted by molar-refractivity contribution is 7.16. The molecule has 0 unspecified atom stereocenters. The first kappa shape index (κ1) is 19.7. The summed E-state index contributed by atoms with van der Waals surface area (Å²) in [5.74, 6) is 1.88. The molecular weight excluding hydrogens is 396 g/mol. The Kier molecular flexibility index (Phi) is 5.61. The van der Waals surface area contributed by atoms with Crippen LogP contribution in [0.15, 0.2) is 53.5 Å². The van der Waals surface area contributed by atoms with Crippen LogP contribution in [0.3, 0.4) is 0 Å². The summed E-state index contributed by atoms with van der Waals surface area (Å²) in [6.45, 7) is 0.137. The zero-order valence-corrected chi connectivity index (χ0v) is 15.5. The average molecular weight is 408 g/mol. The molecule has 0 N–H and O–H groups in total. The molecule has 0 bridgehead atoms. The molecule has 0 saturated heterocycles. The first-order valence-corrected chi connectivity index (χ1v) is 8.93. The van der Waals surface area contributed by atoms with Crippen molar-refractivity contribution in [2.45, 2.75) is 6.54 Å². The number of rotatable bonds is 5. The summed E-state index contributed by atoms with van der Waals surface area (Å²) in [5, 5.41) is 21.8. The van der Waals surface area contributed by atoms with E-state index in [1.807, 2.05) is 0 Å². The average Bonchev–Trinajstić information content (AvgIpc) is 3.03. The fourth-order valence-corrected chi connectivity index (χ4v) is 3.61. The fourth-order valence-electron chi connectivity index (χ4n) is 2.55. The van der Waals surface area contributed by atoms with Gasteiger partial charge in [0, 0.05) is 30.3 Å². The molecule has 0 atom stereocenters. The Hall–Kier alpha value is -4.10. The first-order valence-electron chi connectivity index (χ1n) is 8.11. The Labute approximate surface area is 167 Å². The molecule has 3 aromatic rings. The number of hydrogen-bond acceptors (Lipinski definition) is 6. The minimum Gasteiger partial charge on any atom is -0.305 e. The van der Waals surface area contributed by atoms with E-state index in [4.69, 9.17) is 6.42 Å². The Morgan fingerprint density at radius 1 is 1.17 bits per heavy atom. The lowest BCUT2D eigenvalue weighted by Crippen LogP contribution is -2.15. The fraction of sp³-hybridized carbons (Fsp3) is 0.0526. The summed E-state index contributed by atoms with van der Waals surface area (Å²) in [6.07, 6.45) is 8.00. The Morgan fingerprint density at radius 2 is 1.90 bits per heavy atom. The maximum absolute atomic E-state index is 12.3. The van der Waals surface area contributed by atoms with E-state index in [0.717, 1.165) is 11.3 Å². The maximum Gasteiger partial charge on any atom is 0.272 e. The van der Waals surface area contributed by atoms with Crippen molar-refractivity contribution in [1.29, 1.82) is 0 Å². The van der Waals surface area contributed by atoms with Gasteiger partial charge in [-0.25, -0.2) is 0 Å². The third-order valence-corrected chi connectivity index (χ3v) is 4.87. The Bertz CT molecular complexity index is 1280. The molecule has 10 heteroatoms. The molecule has 1 heterocycles. The van der Waals surface area contributed by atoms with E-state index in [2.05, 4.69) is 10.9 Å². The highest BCUT2D eigenvalue weighted by Gasteiger charge is 2.12. The summed E-state index contributed by atoms with van der Waals surface area (Å²) in [4.78, 5) is 37.3. The van der Waals surface area contributed by atoms with Crippen LogP contribution in [0.5, 0.6) is 0 Å². The predicted molar refractivity (Wildman–Crippen MR) is 108 cm³/mol. The van der Waals surface area contributed by atoms with Gasteiger partial charge in [-0.05, 0) is 17.7 Å². The van der Waals surface area contributed by atoms with Crippen molar-refractivity contribution >= 4 is 44.9 Å². The van der Waals surface area contributed by atoms with E-state index in [1.54, 1.807) is 16.7 Å². The van der Waals surface area contributed by atoms with Crippen LogP contribution in [0.25, 0.3) is 16.3 Å². The predicted octanol–water partition coefficient (Wildman–Crippen LogP) is 3.29. The number of thiazole rings is 1.